The summed E-state index contributed by atoms with van der Waals surface area (Å²) in [5.74, 6) is -0.256. The van der Waals surface area contributed by atoms with E-state index < -0.39 is 124 Å². The number of aliphatic hydroxyl groups is 11. The lowest BCUT2D eigenvalue weighted by atomic mass is 9.96. The highest BCUT2D eigenvalue weighted by atomic mass is 16.8. The summed E-state index contributed by atoms with van der Waals surface area (Å²) in [5.41, 5.74) is 0. The van der Waals surface area contributed by atoms with Crippen molar-refractivity contribution in [2.45, 2.75) is 407 Å². The summed E-state index contributed by atoms with van der Waals surface area (Å²) in [7, 11) is 0. The molecule has 3 aliphatic rings. The largest absolute Gasteiger partial charge is 0.394 e. The van der Waals surface area contributed by atoms with Crippen LogP contribution in [0.3, 0.4) is 0 Å². The first-order valence-electron chi connectivity index (χ1n) is 40.2. The fraction of sp³-hybridized carbons (Fsp3) is 0.840. The van der Waals surface area contributed by atoms with Crippen LogP contribution in [0.4, 0.5) is 0 Å². The summed E-state index contributed by atoms with van der Waals surface area (Å²) < 4.78 is 34.5. The molecule has 100 heavy (non-hydrogen) atoms. The molecule has 0 radical (unpaired) electrons. The van der Waals surface area contributed by atoms with Crippen molar-refractivity contribution in [3.63, 3.8) is 0 Å². The molecule has 0 aromatic rings. The Morgan fingerprint density at radius 2 is 0.690 bits per heavy atom. The Morgan fingerprint density at radius 1 is 0.370 bits per heavy atom. The number of rotatable bonds is 63. The van der Waals surface area contributed by atoms with E-state index in [-0.39, 0.29) is 18.9 Å². The smallest absolute Gasteiger partial charge is 0.220 e. The van der Waals surface area contributed by atoms with Gasteiger partial charge in [-0.2, -0.15) is 0 Å². The summed E-state index contributed by atoms with van der Waals surface area (Å²) in [6, 6.07) is -0.902. The molecule has 0 saturated carbocycles. The molecule has 0 bridgehead atoms. The fourth-order valence-electron chi connectivity index (χ4n) is 13.4. The minimum atomic E-state index is -1.98. The van der Waals surface area contributed by atoms with Crippen molar-refractivity contribution in [2.24, 2.45) is 0 Å². The monoisotopic (exact) mass is 1420 g/mol. The minimum absolute atomic E-state index is 0.246. The first kappa shape index (κ1) is 91.4. The molecule has 19 nitrogen and oxygen atoms in total. The molecule has 3 saturated heterocycles. The minimum Gasteiger partial charge on any atom is -0.394 e. The summed E-state index contributed by atoms with van der Waals surface area (Å²) in [6.45, 7) is 1.71. The third-order valence-corrected chi connectivity index (χ3v) is 19.8. The lowest BCUT2D eigenvalue weighted by molar-refractivity contribution is -0.379. The Morgan fingerprint density at radius 3 is 1.08 bits per heavy atom. The van der Waals surface area contributed by atoms with Crippen LogP contribution in [0, 0.1) is 0 Å². The molecule has 12 N–H and O–H groups in total. The molecule has 17 atom stereocenters. The van der Waals surface area contributed by atoms with Gasteiger partial charge in [-0.3, -0.25) is 4.79 Å². The quantitative estimate of drug-likeness (QED) is 0.0199. The van der Waals surface area contributed by atoms with Crippen molar-refractivity contribution in [2.75, 3.05) is 26.4 Å². The van der Waals surface area contributed by atoms with E-state index in [9.17, 15) is 61.0 Å². The van der Waals surface area contributed by atoms with Crippen molar-refractivity contribution in [3.05, 3.63) is 72.9 Å². The number of amides is 1. The van der Waals surface area contributed by atoms with Crippen LogP contribution in [-0.2, 0) is 33.2 Å². The first-order valence-corrected chi connectivity index (χ1v) is 40.2. The zero-order valence-electron chi connectivity index (χ0n) is 62.2. The molecule has 0 spiro atoms. The summed E-state index contributed by atoms with van der Waals surface area (Å²) in [5, 5.41) is 121. The van der Waals surface area contributed by atoms with Crippen LogP contribution in [0.5, 0.6) is 0 Å². The first-order chi connectivity index (χ1) is 48.8. The zero-order chi connectivity index (χ0) is 72.5. The molecule has 3 aliphatic heterocycles. The van der Waals surface area contributed by atoms with E-state index in [2.05, 4.69) is 92.1 Å². The van der Waals surface area contributed by atoms with E-state index in [0.717, 1.165) is 103 Å². The topological polar surface area (TPSA) is 307 Å². The number of ether oxygens (including phenoxy) is 6. The highest BCUT2D eigenvalue weighted by molar-refractivity contribution is 5.76. The average molecular weight is 1420 g/mol. The lowest BCUT2D eigenvalue weighted by Crippen LogP contribution is -2.66. The van der Waals surface area contributed by atoms with Gasteiger partial charge in [0.15, 0.2) is 18.9 Å². The summed E-state index contributed by atoms with van der Waals surface area (Å²) >= 11 is 0. The van der Waals surface area contributed by atoms with Gasteiger partial charge in [0.1, 0.15) is 73.2 Å². The van der Waals surface area contributed by atoms with Gasteiger partial charge in [0.25, 0.3) is 0 Å². The van der Waals surface area contributed by atoms with Crippen LogP contribution >= 0.6 is 0 Å². The SMILES string of the molecule is CC/C=C\C/C=C\C/C=C\C/C=C\C/C=C\C/C=C\CCCCCCCCC(=O)NC(COC1OC(CO)C(OC2OC(CO)C(OC3OC(CO)C(O)C(O)C3O)C(O)C2O)C(O)C1O)C(O)CCCCCCCCCCCCCCCCCCCCCCCCCCCCCCCC. The van der Waals surface area contributed by atoms with Gasteiger partial charge in [0.05, 0.1) is 38.6 Å². The lowest BCUT2D eigenvalue weighted by Gasteiger charge is -2.48. The standard InChI is InChI=1S/C81H145NO18/c1-3-5-7-9-11-13-15-17-19-21-23-25-27-29-30-31-32-33-35-36-38-40-42-44-46-48-50-52-54-56-58-65(86)64(82-69(87)59-57-55-53-51-49-47-45-43-41-39-37-34-28-26-24-22-20-18-16-14-12-10-8-6-4-2)63-95-79-75(93)72(90)77(67(61-84)97-79)100-81-76(94)73(91)78(68(62-85)98-81)99-80-74(92)71(89)70(88)66(60-83)96-80/h6,8,12,14,18,20,24,26,34,37,41,43,64-68,70-81,83-86,88-94H,3-5,7,9-11,13,15-17,19,21-23,25,27-33,35-36,38-40,42,44-63H2,1-2H3,(H,82,87)/b8-6-,14-12-,20-18-,26-24-,37-34-,43-41-. The maximum absolute atomic E-state index is 13.5. The Bertz CT molecular complexity index is 2090. The molecule has 0 aliphatic carbocycles. The highest BCUT2D eigenvalue weighted by Gasteiger charge is 2.54. The van der Waals surface area contributed by atoms with Gasteiger partial charge in [-0.15, -0.1) is 0 Å². The Labute approximate surface area is 604 Å². The predicted octanol–water partition coefficient (Wildman–Crippen LogP) is 13.2. The zero-order valence-corrected chi connectivity index (χ0v) is 62.2. The number of unbranched alkanes of at least 4 members (excludes halogenated alkanes) is 35. The Balaban J connectivity index is 1.38. The third-order valence-electron chi connectivity index (χ3n) is 19.8. The number of hydrogen-bond acceptors (Lipinski definition) is 18. The van der Waals surface area contributed by atoms with E-state index >= 15 is 0 Å². The highest BCUT2D eigenvalue weighted by Crippen LogP contribution is 2.33. The number of hydrogen-bond donors (Lipinski definition) is 12. The molecule has 1 amide bonds. The fourth-order valence-corrected chi connectivity index (χ4v) is 13.4. The van der Waals surface area contributed by atoms with Gasteiger partial charge in [0.2, 0.25) is 5.91 Å². The van der Waals surface area contributed by atoms with Gasteiger partial charge in [-0.25, -0.2) is 0 Å². The van der Waals surface area contributed by atoms with E-state index in [0.29, 0.717) is 12.8 Å². The summed E-state index contributed by atoms with van der Waals surface area (Å²) in [4.78, 5) is 13.5. The predicted molar refractivity (Wildman–Crippen MR) is 397 cm³/mol. The van der Waals surface area contributed by atoms with Crippen LogP contribution in [-0.4, -0.2) is 193 Å². The molecular formula is C81H145NO18. The van der Waals surface area contributed by atoms with Crippen LogP contribution in [0.1, 0.15) is 303 Å². The molecule has 17 unspecified atom stereocenters. The maximum atomic E-state index is 13.5. The van der Waals surface area contributed by atoms with E-state index in [1.54, 1.807) is 0 Å². The molecule has 3 fully saturated rings. The molecular weight excluding hydrogens is 1270 g/mol. The Hall–Kier alpha value is -2.77. The normalized spacial score (nSPS) is 26.8. The number of allylic oxidation sites excluding steroid dienone is 12. The number of carbonyl (C=O) groups is 1. The molecule has 582 valence electrons. The number of carbonyl (C=O) groups excluding carboxylic acids is 1. The molecule has 3 rings (SSSR count). The molecule has 0 aromatic heterocycles. The van der Waals surface area contributed by atoms with Gasteiger partial charge in [0, 0.05) is 6.42 Å². The van der Waals surface area contributed by atoms with Gasteiger partial charge >= 0.3 is 0 Å². The second-order valence-corrected chi connectivity index (χ2v) is 28.5. The van der Waals surface area contributed by atoms with Crippen LogP contribution < -0.4 is 5.32 Å². The molecule has 3 heterocycles. The van der Waals surface area contributed by atoms with Crippen LogP contribution in [0.25, 0.3) is 0 Å². The summed E-state index contributed by atoms with van der Waals surface area (Å²) in [6.07, 6.45) is 52.7. The second kappa shape index (κ2) is 61.4. The molecule has 19 heteroatoms. The number of aliphatic hydroxyl groups excluding tert-OH is 11. The maximum Gasteiger partial charge on any atom is 0.220 e. The van der Waals surface area contributed by atoms with Gasteiger partial charge in [-0.05, 0) is 64.2 Å². The second-order valence-electron chi connectivity index (χ2n) is 28.5. The van der Waals surface area contributed by atoms with E-state index in [1.807, 2.05) is 0 Å². The Kier molecular flexibility index (Phi) is 56.1. The van der Waals surface area contributed by atoms with Crippen LogP contribution in [0.2, 0.25) is 0 Å². The van der Waals surface area contributed by atoms with Crippen molar-refractivity contribution in [1.29, 1.82) is 0 Å². The third kappa shape index (κ3) is 41.2. The van der Waals surface area contributed by atoms with Crippen molar-refractivity contribution in [1.82, 2.24) is 5.32 Å². The average Bonchev–Trinajstić information content (AvgIpc) is 0.783. The molecule has 0 aromatic carbocycles. The van der Waals surface area contributed by atoms with Crippen LogP contribution in [0.15, 0.2) is 72.9 Å². The number of nitrogens with one attached hydrogen (secondary N) is 1. The van der Waals surface area contributed by atoms with Crippen molar-refractivity contribution in [3.8, 4) is 0 Å². The van der Waals surface area contributed by atoms with Gasteiger partial charge < -0.3 is 89.9 Å². The van der Waals surface area contributed by atoms with Gasteiger partial charge in [-0.1, -0.05) is 305 Å². The van der Waals surface area contributed by atoms with E-state index in [1.165, 1.54) is 167 Å². The van der Waals surface area contributed by atoms with Crippen molar-refractivity contribution < 1.29 is 89.4 Å². The van der Waals surface area contributed by atoms with Crippen molar-refractivity contribution >= 4 is 5.91 Å². The van der Waals surface area contributed by atoms with E-state index in [4.69, 9.17) is 28.4 Å².